The Hall–Kier alpha value is -1.81. The van der Waals surface area contributed by atoms with Gasteiger partial charge in [-0.1, -0.05) is 56.0 Å². The van der Waals surface area contributed by atoms with Crippen LogP contribution in [0.1, 0.15) is 76.7 Å². The van der Waals surface area contributed by atoms with Gasteiger partial charge in [0.05, 0.1) is 5.69 Å². The van der Waals surface area contributed by atoms with E-state index in [2.05, 4.69) is 24.5 Å². The van der Waals surface area contributed by atoms with Gasteiger partial charge in [-0.3, -0.25) is 9.59 Å². The Balaban J connectivity index is 1.78. The number of nitrogens with zero attached hydrogens (tertiary/aromatic N) is 2. The summed E-state index contributed by atoms with van der Waals surface area (Å²) in [7, 11) is 0. The second-order valence-corrected chi connectivity index (χ2v) is 7.41. The molecule has 0 saturated carbocycles. The Morgan fingerprint density at radius 3 is 2.33 bits per heavy atom. The molecule has 147 valence electrons. The molecule has 0 bridgehead atoms. The van der Waals surface area contributed by atoms with Crippen molar-refractivity contribution < 1.29 is 9.59 Å². The van der Waals surface area contributed by atoms with Crippen molar-refractivity contribution in [3.63, 3.8) is 0 Å². The molecule has 0 atom stereocenters. The van der Waals surface area contributed by atoms with Crippen LogP contribution in [0.15, 0.2) is 30.4 Å². The number of carbonyl (C=O) groups is 2. The summed E-state index contributed by atoms with van der Waals surface area (Å²) < 4.78 is 0. The lowest BCUT2D eigenvalue weighted by atomic mass is 10.0. The molecule has 27 heavy (non-hydrogen) atoms. The fraction of sp³-hybridized carbons (Fsp3) is 0.545. The highest BCUT2D eigenvalue weighted by atomic mass is 35.5. The molecule has 0 spiro atoms. The molecule has 2 rings (SSSR count). The Kier molecular flexibility index (Phi) is 9.40. The number of carbonyl (C=O) groups excluding carboxylic acids is 2. The van der Waals surface area contributed by atoms with E-state index in [0.29, 0.717) is 10.7 Å². The van der Waals surface area contributed by atoms with Crippen LogP contribution < -0.4 is 5.43 Å². The third kappa shape index (κ3) is 7.02. The summed E-state index contributed by atoms with van der Waals surface area (Å²) in [6.45, 7) is 2.23. The third-order valence-corrected chi connectivity index (χ3v) is 5.12. The number of rotatable bonds is 12. The molecule has 0 aromatic heterocycles. The van der Waals surface area contributed by atoms with Crippen molar-refractivity contribution in [2.75, 3.05) is 0 Å². The highest BCUT2D eigenvalue weighted by Gasteiger charge is 2.31. The standard InChI is InChI=1S/C22H30ClN2O2/c1-2-3-4-5-6-7-8-9-10-11-13-18-19(23)14-12-15-20(18)24-25-21(26)16-17-22(25)27/h7-8,12,14-15H,2-6,9-11,13,16-17H2,1H3. The predicted molar refractivity (Wildman–Crippen MR) is 110 cm³/mol. The first-order chi connectivity index (χ1) is 13.1. The van der Waals surface area contributed by atoms with Crippen LogP contribution in [0.3, 0.4) is 0 Å². The molecule has 1 fully saturated rings. The van der Waals surface area contributed by atoms with Gasteiger partial charge < -0.3 is 0 Å². The van der Waals surface area contributed by atoms with Crippen LogP contribution in [0.5, 0.6) is 0 Å². The number of halogens is 1. The minimum atomic E-state index is -0.241. The van der Waals surface area contributed by atoms with Crippen molar-refractivity contribution in [1.29, 1.82) is 0 Å². The zero-order chi connectivity index (χ0) is 19.5. The van der Waals surface area contributed by atoms with E-state index in [4.69, 9.17) is 11.6 Å². The summed E-state index contributed by atoms with van der Waals surface area (Å²) in [6.07, 6.45) is 15.3. The quantitative estimate of drug-likeness (QED) is 0.254. The summed E-state index contributed by atoms with van der Waals surface area (Å²) in [4.78, 5) is 23.6. The highest BCUT2D eigenvalue weighted by molar-refractivity contribution is 6.31. The van der Waals surface area contributed by atoms with Crippen LogP contribution in [0.4, 0.5) is 5.69 Å². The highest BCUT2D eigenvalue weighted by Crippen LogP contribution is 2.28. The largest absolute Gasteiger partial charge is 0.272 e. The van der Waals surface area contributed by atoms with Crippen molar-refractivity contribution in [1.82, 2.24) is 10.4 Å². The summed E-state index contributed by atoms with van der Waals surface area (Å²) in [6, 6.07) is 5.45. The third-order valence-electron chi connectivity index (χ3n) is 4.77. The molecular formula is C22H30ClN2O2. The van der Waals surface area contributed by atoms with Crippen molar-refractivity contribution in [3.8, 4) is 0 Å². The Morgan fingerprint density at radius 2 is 1.67 bits per heavy atom. The normalized spacial score (nSPS) is 14.5. The maximum Gasteiger partial charge on any atom is 0.250 e. The van der Waals surface area contributed by atoms with Crippen LogP contribution in [0.25, 0.3) is 0 Å². The number of allylic oxidation sites excluding steroid dienone is 2. The van der Waals surface area contributed by atoms with E-state index >= 15 is 0 Å². The number of benzene rings is 1. The smallest absolute Gasteiger partial charge is 0.250 e. The molecule has 0 N–H and O–H groups in total. The van der Waals surface area contributed by atoms with Gasteiger partial charge in [-0.2, -0.15) is 10.4 Å². The van der Waals surface area contributed by atoms with Crippen LogP contribution in [-0.2, 0) is 16.0 Å². The van der Waals surface area contributed by atoms with Gasteiger partial charge in [0.15, 0.2) is 0 Å². The Labute approximate surface area is 167 Å². The van der Waals surface area contributed by atoms with E-state index in [1.807, 2.05) is 12.1 Å². The lowest BCUT2D eigenvalue weighted by molar-refractivity contribution is -0.141. The van der Waals surface area contributed by atoms with Gasteiger partial charge >= 0.3 is 0 Å². The minimum Gasteiger partial charge on any atom is -0.272 e. The van der Waals surface area contributed by atoms with E-state index in [1.54, 1.807) is 6.07 Å². The maximum absolute atomic E-state index is 11.8. The Morgan fingerprint density at radius 1 is 1.00 bits per heavy atom. The first kappa shape index (κ1) is 21.5. The maximum atomic E-state index is 11.8. The van der Waals surface area contributed by atoms with Gasteiger partial charge in [-0.05, 0) is 56.2 Å². The Bertz CT molecular complexity index is 642. The van der Waals surface area contributed by atoms with E-state index in [9.17, 15) is 9.59 Å². The van der Waals surface area contributed by atoms with Crippen molar-refractivity contribution in [3.05, 3.63) is 40.9 Å². The molecule has 1 aliphatic heterocycles. The predicted octanol–water partition coefficient (Wildman–Crippen LogP) is 5.88. The number of amides is 2. The zero-order valence-corrected chi connectivity index (χ0v) is 17.0. The number of imide groups is 1. The molecule has 1 aliphatic rings. The van der Waals surface area contributed by atoms with Gasteiger partial charge in [0.2, 0.25) is 11.8 Å². The van der Waals surface area contributed by atoms with Gasteiger partial charge in [0.1, 0.15) is 0 Å². The number of hydrogen-bond acceptors (Lipinski definition) is 2. The van der Waals surface area contributed by atoms with E-state index < -0.39 is 0 Å². The molecule has 2 amide bonds. The molecule has 0 unspecified atom stereocenters. The molecule has 1 aromatic rings. The average Bonchev–Trinajstić information content (AvgIpc) is 2.97. The lowest BCUT2D eigenvalue weighted by Crippen LogP contribution is -2.34. The van der Waals surface area contributed by atoms with E-state index in [-0.39, 0.29) is 24.7 Å². The lowest BCUT2D eigenvalue weighted by Gasteiger charge is -2.16. The fourth-order valence-electron chi connectivity index (χ4n) is 3.16. The average molecular weight is 390 g/mol. The number of unbranched alkanes of at least 4 members (excludes halogenated alkanes) is 6. The van der Waals surface area contributed by atoms with Crippen molar-refractivity contribution >= 4 is 29.1 Å². The minimum absolute atomic E-state index is 0.239. The first-order valence-electron chi connectivity index (χ1n) is 10.1. The summed E-state index contributed by atoms with van der Waals surface area (Å²) in [5.41, 5.74) is 5.82. The SMILES string of the molecule is CCCCCCC=CCCCCc1c(Cl)cccc1[N]N1C(=O)CCC1=O. The molecule has 1 aromatic carbocycles. The first-order valence-corrected chi connectivity index (χ1v) is 10.5. The van der Waals surface area contributed by atoms with Gasteiger partial charge in [0.25, 0.3) is 0 Å². The van der Waals surface area contributed by atoms with E-state index in [0.717, 1.165) is 36.3 Å². The molecule has 4 nitrogen and oxygen atoms in total. The van der Waals surface area contributed by atoms with Crippen LogP contribution in [0, 0.1) is 0 Å². The van der Waals surface area contributed by atoms with Crippen molar-refractivity contribution in [2.24, 2.45) is 0 Å². The number of hydrogen-bond donors (Lipinski definition) is 0. The summed E-state index contributed by atoms with van der Waals surface area (Å²) in [5.74, 6) is -0.481. The van der Waals surface area contributed by atoms with Gasteiger partial charge in [0, 0.05) is 17.9 Å². The summed E-state index contributed by atoms with van der Waals surface area (Å²) >= 11 is 6.35. The van der Waals surface area contributed by atoms with Crippen LogP contribution >= 0.6 is 11.6 Å². The second kappa shape index (κ2) is 11.8. The van der Waals surface area contributed by atoms with Crippen molar-refractivity contribution in [2.45, 2.75) is 77.6 Å². The second-order valence-electron chi connectivity index (χ2n) is 7.00. The molecule has 1 heterocycles. The fourth-order valence-corrected chi connectivity index (χ4v) is 3.43. The van der Waals surface area contributed by atoms with E-state index in [1.165, 1.54) is 32.1 Å². The zero-order valence-electron chi connectivity index (χ0n) is 16.3. The molecule has 1 saturated heterocycles. The van der Waals surface area contributed by atoms with Gasteiger partial charge in [-0.15, -0.1) is 0 Å². The molecule has 1 radical (unpaired) electrons. The topological polar surface area (TPSA) is 51.5 Å². The van der Waals surface area contributed by atoms with Gasteiger partial charge in [-0.25, -0.2) is 0 Å². The molecular weight excluding hydrogens is 360 g/mol. The molecule has 5 heteroatoms. The monoisotopic (exact) mass is 389 g/mol. The van der Waals surface area contributed by atoms with Crippen LogP contribution in [-0.4, -0.2) is 16.8 Å². The molecule has 0 aliphatic carbocycles. The van der Waals surface area contributed by atoms with Crippen LogP contribution in [0.2, 0.25) is 5.02 Å². The summed E-state index contributed by atoms with van der Waals surface area (Å²) in [5, 5.41) is 1.64.